The first-order valence-corrected chi connectivity index (χ1v) is 7.24. The van der Waals surface area contributed by atoms with Gasteiger partial charge in [-0.2, -0.15) is 0 Å². The quantitative estimate of drug-likeness (QED) is 0.816. The van der Waals surface area contributed by atoms with Crippen LogP contribution in [-0.4, -0.2) is 12.1 Å². The van der Waals surface area contributed by atoms with Gasteiger partial charge in [0.15, 0.2) is 5.75 Å². The van der Waals surface area contributed by atoms with Crippen LogP contribution < -0.4 is 10.1 Å². The van der Waals surface area contributed by atoms with E-state index in [4.69, 9.17) is 16.3 Å². The monoisotopic (exact) mass is 265 g/mol. The molecule has 0 aromatic heterocycles. The Hall–Kier alpha value is -0.890. The van der Waals surface area contributed by atoms with E-state index in [0.29, 0.717) is 11.1 Å². The number of halogens is 1. The molecule has 0 radical (unpaired) electrons. The Kier molecular flexibility index (Phi) is 3.14. The van der Waals surface area contributed by atoms with Gasteiger partial charge in [-0.15, -0.1) is 0 Å². The maximum Gasteiger partial charge on any atom is 0.161 e. The van der Waals surface area contributed by atoms with E-state index in [0.717, 1.165) is 29.7 Å². The van der Waals surface area contributed by atoms with Crippen LogP contribution in [0.4, 0.5) is 5.69 Å². The van der Waals surface area contributed by atoms with Crippen LogP contribution in [0.15, 0.2) is 18.2 Å². The number of anilines is 1. The van der Waals surface area contributed by atoms with Gasteiger partial charge < -0.3 is 10.1 Å². The molecule has 1 heterocycles. The summed E-state index contributed by atoms with van der Waals surface area (Å²) in [5, 5.41) is 4.33. The minimum absolute atomic E-state index is 0.285. The van der Waals surface area contributed by atoms with Crippen LogP contribution in [0.1, 0.15) is 33.1 Å². The largest absolute Gasteiger partial charge is 0.485 e. The highest BCUT2D eigenvalue weighted by Crippen LogP contribution is 2.42. The number of ether oxygens (including phenoxy) is 1. The minimum Gasteiger partial charge on any atom is -0.485 e. The van der Waals surface area contributed by atoms with Crippen LogP contribution in [0.3, 0.4) is 0 Å². The summed E-state index contributed by atoms with van der Waals surface area (Å²) in [7, 11) is 0. The Balaban J connectivity index is 1.82. The molecule has 1 fully saturated rings. The van der Waals surface area contributed by atoms with E-state index in [-0.39, 0.29) is 6.10 Å². The van der Waals surface area contributed by atoms with Gasteiger partial charge in [-0.3, -0.25) is 0 Å². The molecule has 1 saturated carbocycles. The van der Waals surface area contributed by atoms with Crippen LogP contribution in [0, 0.1) is 11.8 Å². The van der Waals surface area contributed by atoms with E-state index in [1.165, 1.54) is 12.8 Å². The van der Waals surface area contributed by atoms with Crippen molar-refractivity contribution in [1.29, 1.82) is 0 Å². The van der Waals surface area contributed by atoms with Gasteiger partial charge in [0.2, 0.25) is 0 Å². The first-order valence-electron chi connectivity index (χ1n) is 6.87. The molecule has 0 bridgehead atoms. The Morgan fingerprint density at radius 2 is 2.17 bits per heavy atom. The molecule has 18 heavy (non-hydrogen) atoms. The van der Waals surface area contributed by atoms with Gasteiger partial charge in [0, 0.05) is 0 Å². The normalized spacial score (nSPS) is 30.1. The summed E-state index contributed by atoms with van der Waals surface area (Å²) in [5.41, 5.74) is 1.05. The SMILES string of the molecule is CC(C)C1CCC2Oc3c(Cl)cccc3NC2C1. The first-order chi connectivity index (χ1) is 8.65. The van der Waals surface area contributed by atoms with Crippen molar-refractivity contribution in [2.75, 3.05) is 5.32 Å². The highest BCUT2D eigenvalue weighted by Gasteiger charge is 2.37. The molecule has 2 aliphatic rings. The van der Waals surface area contributed by atoms with Gasteiger partial charge in [-0.25, -0.2) is 0 Å². The fraction of sp³-hybridized carbons (Fsp3) is 0.600. The number of rotatable bonds is 1. The van der Waals surface area contributed by atoms with Crippen molar-refractivity contribution < 1.29 is 4.74 Å². The van der Waals surface area contributed by atoms with Crippen molar-refractivity contribution in [2.24, 2.45) is 11.8 Å². The molecule has 2 nitrogen and oxygen atoms in total. The van der Waals surface area contributed by atoms with Crippen molar-refractivity contribution in [3.05, 3.63) is 23.2 Å². The first kappa shape index (κ1) is 12.2. The molecule has 1 aromatic carbocycles. The average Bonchev–Trinajstić information content (AvgIpc) is 2.36. The zero-order valence-corrected chi connectivity index (χ0v) is 11.7. The smallest absolute Gasteiger partial charge is 0.161 e. The molecule has 0 saturated heterocycles. The summed E-state index contributed by atoms with van der Waals surface area (Å²) in [5.74, 6) is 2.40. The fourth-order valence-electron chi connectivity index (χ4n) is 3.17. The fourth-order valence-corrected chi connectivity index (χ4v) is 3.39. The summed E-state index contributed by atoms with van der Waals surface area (Å²) < 4.78 is 6.10. The predicted octanol–water partition coefficient (Wildman–Crippen LogP) is 4.34. The van der Waals surface area contributed by atoms with Crippen LogP contribution in [0.25, 0.3) is 0 Å². The van der Waals surface area contributed by atoms with Crippen molar-refractivity contribution in [1.82, 2.24) is 0 Å². The number of hydrogen-bond acceptors (Lipinski definition) is 2. The van der Waals surface area contributed by atoms with Crippen LogP contribution in [0.2, 0.25) is 5.02 Å². The second-order valence-electron chi connectivity index (χ2n) is 5.84. The molecule has 1 N–H and O–H groups in total. The number of para-hydroxylation sites is 1. The van der Waals surface area contributed by atoms with E-state index < -0.39 is 0 Å². The van der Waals surface area contributed by atoms with E-state index >= 15 is 0 Å². The van der Waals surface area contributed by atoms with E-state index in [1.54, 1.807) is 0 Å². The number of benzene rings is 1. The minimum atomic E-state index is 0.285. The van der Waals surface area contributed by atoms with Gasteiger partial charge in [-0.05, 0) is 43.2 Å². The van der Waals surface area contributed by atoms with Crippen molar-refractivity contribution >= 4 is 17.3 Å². The molecular formula is C15H20ClNO. The van der Waals surface area contributed by atoms with E-state index in [2.05, 4.69) is 25.2 Å². The summed E-state index contributed by atoms with van der Waals surface area (Å²) in [6, 6.07) is 6.36. The lowest BCUT2D eigenvalue weighted by molar-refractivity contribution is 0.0948. The van der Waals surface area contributed by atoms with Gasteiger partial charge in [0.05, 0.1) is 16.8 Å². The molecule has 3 atom stereocenters. The lowest BCUT2D eigenvalue weighted by atomic mass is 9.77. The Labute approximate surface area is 114 Å². The van der Waals surface area contributed by atoms with Crippen molar-refractivity contribution in [3.8, 4) is 5.75 Å². The van der Waals surface area contributed by atoms with Crippen molar-refractivity contribution in [3.63, 3.8) is 0 Å². The maximum atomic E-state index is 6.19. The maximum absolute atomic E-state index is 6.19. The average molecular weight is 266 g/mol. The van der Waals surface area contributed by atoms with Gasteiger partial charge >= 0.3 is 0 Å². The molecule has 0 amide bonds. The Morgan fingerprint density at radius 1 is 1.33 bits per heavy atom. The van der Waals surface area contributed by atoms with E-state index in [1.807, 2.05) is 12.1 Å². The topological polar surface area (TPSA) is 21.3 Å². The molecule has 3 unspecified atom stereocenters. The molecule has 98 valence electrons. The standard InChI is InChI=1S/C15H20ClNO/c1-9(2)10-6-7-14-13(8-10)17-12-5-3-4-11(16)15(12)18-14/h3-5,9-10,13-14,17H,6-8H2,1-2H3. The Morgan fingerprint density at radius 3 is 2.94 bits per heavy atom. The Bertz CT molecular complexity index is 446. The molecule has 1 aliphatic carbocycles. The zero-order chi connectivity index (χ0) is 12.7. The van der Waals surface area contributed by atoms with Gasteiger partial charge in [0.1, 0.15) is 6.10 Å². The number of fused-ring (bicyclic) bond motifs is 2. The number of nitrogens with one attached hydrogen (secondary N) is 1. The number of hydrogen-bond donors (Lipinski definition) is 1. The summed E-state index contributed by atoms with van der Waals surface area (Å²) in [6.45, 7) is 4.64. The van der Waals surface area contributed by atoms with Crippen LogP contribution >= 0.6 is 11.6 Å². The molecule has 1 aliphatic heterocycles. The summed E-state index contributed by atoms with van der Waals surface area (Å²) >= 11 is 6.19. The third kappa shape index (κ3) is 2.07. The molecule has 3 rings (SSSR count). The third-order valence-corrected chi connectivity index (χ3v) is 4.64. The summed E-state index contributed by atoms with van der Waals surface area (Å²) in [4.78, 5) is 0. The molecular weight excluding hydrogens is 246 g/mol. The highest BCUT2D eigenvalue weighted by molar-refractivity contribution is 6.32. The zero-order valence-electron chi connectivity index (χ0n) is 10.9. The second-order valence-corrected chi connectivity index (χ2v) is 6.25. The molecule has 1 aromatic rings. The second kappa shape index (κ2) is 4.65. The highest BCUT2D eigenvalue weighted by atomic mass is 35.5. The predicted molar refractivity (Wildman–Crippen MR) is 75.5 cm³/mol. The summed E-state index contributed by atoms with van der Waals surface area (Å²) in [6.07, 6.45) is 3.88. The van der Waals surface area contributed by atoms with Gasteiger partial charge in [-0.1, -0.05) is 31.5 Å². The van der Waals surface area contributed by atoms with E-state index in [9.17, 15) is 0 Å². The van der Waals surface area contributed by atoms with Crippen LogP contribution in [-0.2, 0) is 0 Å². The molecule has 3 heteroatoms. The third-order valence-electron chi connectivity index (χ3n) is 4.35. The van der Waals surface area contributed by atoms with Gasteiger partial charge in [0.25, 0.3) is 0 Å². The van der Waals surface area contributed by atoms with Crippen molar-refractivity contribution in [2.45, 2.75) is 45.3 Å². The van der Waals surface area contributed by atoms with Crippen LogP contribution in [0.5, 0.6) is 5.75 Å². The lowest BCUT2D eigenvalue weighted by Crippen LogP contribution is -2.46. The molecule has 0 spiro atoms. The lowest BCUT2D eigenvalue weighted by Gasteiger charge is -2.42.